The van der Waals surface area contributed by atoms with E-state index in [1.165, 1.54) is 68.8 Å². The molecule has 11 heteroatoms. The van der Waals surface area contributed by atoms with Crippen LogP contribution in [0.5, 0.6) is 34.5 Å². The summed E-state index contributed by atoms with van der Waals surface area (Å²) >= 11 is 3.78. The monoisotopic (exact) mass is 1030 g/mol. The number of hydrogen-bond donors (Lipinski definition) is 0. The van der Waals surface area contributed by atoms with Crippen molar-refractivity contribution in [3.63, 3.8) is 0 Å². The molecule has 18 rings (SSSR count). The SMILES string of the molecule is Cc1cc2c3c(c1)Oc1cc4c(cc1B3c1cc3c(cc1O2)N(c1ccccc1)c1cc(C)cc2c1B3c1sc3ccccc3c1O2)B1c2sc3ccccc3c2N(c2ccccc2)c2cc(C)cc(c21)N4c1ccccc1. The van der Waals surface area contributed by atoms with Crippen LogP contribution in [0.4, 0.5) is 51.2 Å². The number of anilines is 9. The lowest BCUT2D eigenvalue weighted by Gasteiger charge is -2.44. The Kier molecular flexibility index (Phi) is 8.66. The predicted molar refractivity (Wildman–Crippen MR) is 329 cm³/mol. The fourth-order valence-corrected chi connectivity index (χ4v) is 16.6. The lowest BCUT2D eigenvalue weighted by molar-refractivity contribution is 0.464. The Bertz CT molecular complexity index is 4620. The third-order valence-corrected chi connectivity index (χ3v) is 19.5. The number of rotatable bonds is 3. The van der Waals surface area contributed by atoms with Crippen molar-refractivity contribution in [3.05, 3.63) is 217 Å². The maximum atomic E-state index is 7.34. The van der Waals surface area contributed by atoms with Gasteiger partial charge in [0.05, 0.1) is 5.69 Å². The maximum absolute atomic E-state index is 7.34. The number of hydrogen-bond acceptors (Lipinski definition) is 8. The van der Waals surface area contributed by atoms with Crippen LogP contribution in [0.2, 0.25) is 0 Å². The van der Waals surface area contributed by atoms with Crippen LogP contribution in [-0.2, 0) is 0 Å². The van der Waals surface area contributed by atoms with Crippen molar-refractivity contribution in [3.8, 4) is 34.5 Å². The first-order valence-electron chi connectivity index (χ1n) is 26.8. The van der Waals surface area contributed by atoms with Crippen LogP contribution in [0.1, 0.15) is 16.7 Å². The van der Waals surface area contributed by atoms with Gasteiger partial charge in [-0.15, -0.1) is 22.7 Å². The van der Waals surface area contributed by atoms with Crippen LogP contribution in [0.15, 0.2) is 200 Å². The number of ether oxygens (including phenoxy) is 3. The fourth-order valence-electron chi connectivity index (χ4n) is 14.0. The summed E-state index contributed by atoms with van der Waals surface area (Å²) in [6, 6.07) is 73.8. The molecule has 0 spiro atoms. The largest absolute Gasteiger partial charge is 0.458 e. The number of thiophene rings is 2. The topological polar surface area (TPSA) is 37.4 Å². The van der Waals surface area contributed by atoms with Crippen LogP contribution < -0.4 is 76.7 Å². The van der Waals surface area contributed by atoms with E-state index in [4.69, 9.17) is 14.2 Å². The molecule has 0 unspecified atom stereocenters. The van der Waals surface area contributed by atoms with Gasteiger partial charge in [0, 0.05) is 92.8 Å². The van der Waals surface area contributed by atoms with Crippen molar-refractivity contribution in [2.24, 2.45) is 0 Å². The zero-order chi connectivity index (χ0) is 51.2. The van der Waals surface area contributed by atoms with Gasteiger partial charge in [-0.2, -0.15) is 0 Å². The molecule has 0 saturated heterocycles. The first-order valence-corrected chi connectivity index (χ1v) is 28.4. The minimum atomic E-state index is -0.208. The second kappa shape index (κ2) is 15.6. The number of benzene rings is 10. The summed E-state index contributed by atoms with van der Waals surface area (Å²) in [7, 11) is 0. The van der Waals surface area contributed by atoms with E-state index in [2.05, 4.69) is 236 Å². The molecule has 0 amide bonds. The van der Waals surface area contributed by atoms with Gasteiger partial charge in [-0.05, 0) is 161 Å². The highest BCUT2D eigenvalue weighted by atomic mass is 32.1. The summed E-state index contributed by atoms with van der Waals surface area (Å²) in [5.74, 6) is 5.25. The molecule has 8 heterocycles. The van der Waals surface area contributed by atoms with Gasteiger partial charge >= 0.3 is 0 Å². The minimum absolute atomic E-state index is 0.0728. The van der Waals surface area contributed by atoms with Crippen molar-refractivity contribution in [1.29, 1.82) is 0 Å². The first kappa shape index (κ1) is 43.2. The summed E-state index contributed by atoms with van der Waals surface area (Å²) in [6.45, 7) is 6.19. The van der Waals surface area contributed by atoms with Crippen LogP contribution in [-0.4, -0.2) is 20.1 Å². The van der Waals surface area contributed by atoms with Crippen molar-refractivity contribution in [2.75, 3.05) is 14.7 Å². The van der Waals surface area contributed by atoms with Crippen LogP contribution in [0.25, 0.3) is 20.2 Å². The zero-order valence-corrected chi connectivity index (χ0v) is 44.3. The van der Waals surface area contributed by atoms with Gasteiger partial charge in [-0.25, -0.2) is 0 Å². The van der Waals surface area contributed by atoms with Crippen molar-refractivity contribution in [2.45, 2.75) is 20.8 Å². The summed E-state index contributed by atoms with van der Waals surface area (Å²) in [4.78, 5) is 7.47. The maximum Gasteiger partial charge on any atom is 0.268 e. The second-order valence-electron chi connectivity index (χ2n) is 21.7. The third-order valence-electron chi connectivity index (χ3n) is 17.0. The summed E-state index contributed by atoms with van der Waals surface area (Å²) in [5.41, 5.74) is 22.1. The van der Waals surface area contributed by atoms with Gasteiger partial charge in [0.2, 0.25) is 0 Å². The molecule has 0 radical (unpaired) electrons. The molecular formula is C67H42B3N3O3S2. The van der Waals surface area contributed by atoms with Gasteiger partial charge in [-0.3, -0.25) is 0 Å². The smallest absolute Gasteiger partial charge is 0.268 e. The molecule has 0 saturated carbocycles. The third kappa shape index (κ3) is 5.79. The molecule has 6 nitrogen and oxygen atoms in total. The lowest BCUT2D eigenvalue weighted by atomic mass is 9.31. The number of aryl methyl sites for hydroxylation is 3. The number of fused-ring (bicyclic) bond motifs is 16. The van der Waals surface area contributed by atoms with E-state index in [0.29, 0.717) is 0 Å². The fraction of sp³-hybridized carbons (Fsp3) is 0.0448. The van der Waals surface area contributed by atoms with E-state index in [1.54, 1.807) is 0 Å². The quantitative estimate of drug-likeness (QED) is 0.164. The van der Waals surface area contributed by atoms with E-state index in [9.17, 15) is 0 Å². The van der Waals surface area contributed by atoms with Crippen LogP contribution in [0.3, 0.4) is 0 Å². The average molecular weight is 1030 g/mol. The van der Waals surface area contributed by atoms with Gasteiger partial charge in [0.15, 0.2) is 0 Å². The Morgan fingerprint density at radius 2 is 0.769 bits per heavy atom. The summed E-state index contributed by atoms with van der Waals surface area (Å²) in [6.07, 6.45) is 0. The Hall–Kier alpha value is -8.89. The molecule has 0 aliphatic carbocycles. The number of nitrogens with zero attached hydrogens (tertiary/aromatic N) is 3. The Balaban J connectivity index is 0.921. The first-order chi connectivity index (χ1) is 38.4. The molecule has 12 aromatic rings. The number of para-hydroxylation sites is 3. The molecule has 6 aliphatic rings. The Morgan fingerprint density at radius 1 is 0.333 bits per heavy atom. The standard InChI is InChI=1S/C67H42B3N3O3S2/c1-37-27-51-61-52(28-37)73(42-21-11-6-12-22-42)64-43-23-13-15-25-59(43)77-66(64)69(61)45-33-47-54(35-49(45)71(51)40-17-7-4-8-18-40)74-57-31-39(3)32-58-63(57)68(47)48-34-46-50(36-55(48)75-58)72(41-19-9-5-10-20-41)53-29-38(2)30-56-62(53)70(46)67-65(76-56)44-24-14-16-26-60(44)78-67/h4-36H,1-3H3. The Morgan fingerprint density at radius 3 is 1.36 bits per heavy atom. The molecular weight excluding hydrogens is 991 g/mol. The van der Waals surface area contributed by atoms with Gasteiger partial charge < -0.3 is 28.9 Å². The highest BCUT2D eigenvalue weighted by Crippen LogP contribution is 2.51. The van der Waals surface area contributed by atoms with Crippen LogP contribution >= 0.6 is 22.7 Å². The predicted octanol–water partition coefficient (Wildman–Crippen LogP) is 12.3. The highest BCUT2D eigenvalue weighted by Gasteiger charge is 2.50. The molecule has 364 valence electrons. The lowest BCUT2D eigenvalue weighted by Crippen LogP contribution is -2.64. The van der Waals surface area contributed by atoms with Crippen molar-refractivity contribution in [1.82, 2.24) is 0 Å². The molecule has 0 fully saturated rings. The average Bonchev–Trinajstić information content (AvgIpc) is 4.16. The summed E-state index contributed by atoms with van der Waals surface area (Å²) in [5, 5.41) is 2.41. The minimum Gasteiger partial charge on any atom is -0.458 e. The molecule has 10 aromatic carbocycles. The van der Waals surface area contributed by atoms with E-state index in [0.717, 1.165) is 102 Å². The molecule has 78 heavy (non-hydrogen) atoms. The summed E-state index contributed by atoms with van der Waals surface area (Å²) < 4.78 is 26.8. The Labute approximate surface area is 460 Å². The van der Waals surface area contributed by atoms with E-state index < -0.39 is 0 Å². The van der Waals surface area contributed by atoms with E-state index in [1.807, 2.05) is 22.7 Å². The van der Waals surface area contributed by atoms with E-state index in [-0.39, 0.29) is 20.1 Å². The highest BCUT2D eigenvalue weighted by molar-refractivity contribution is 7.34. The van der Waals surface area contributed by atoms with Gasteiger partial charge in [-0.1, -0.05) is 97.1 Å². The van der Waals surface area contributed by atoms with Gasteiger partial charge in [0.1, 0.15) is 34.5 Å². The molecule has 0 N–H and O–H groups in total. The zero-order valence-electron chi connectivity index (χ0n) is 42.7. The second-order valence-corrected chi connectivity index (χ2v) is 23.9. The van der Waals surface area contributed by atoms with Crippen molar-refractivity contribution < 1.29 is 14.2 Å². The molecule has 0 atom stereocenters. The van der Waals surface area contributed by atoms with Crippen molar-refractivity contribution >= 4 is 162 Å². The molecule has 0 bridgehead atoms. The normalized spacial score (nSPS) is 14.2. The molecule has 2 aromatic heterocycles. The van der Waals surface area contributed by atoms with E-state index >= 15 is 0 Å². The van der Waals surface area contributed by atoms with Crippen LogP contribution in [0, 0.1) is 20.8 Å². The van der Waals surface area contributed by atoms with Gasteiger partial charge in [0.25, 0.3) is 20.1 Å². The molecule has 6 aliphatic heterocycles.